The predicted molar refractivity (Wildman–Crippen MR) is 70.5 cm³/mol. The molecule has 0 radical (unpaired) electrons. The van der Waals surface area contributed by atoms with Crippen molar-refractivity contribution in [1.29, 1.82) is 0 Å². The normalized spacial score (nSPS) is 18.2. The second-order valence-electron chi connectivity index (χ2n) is 4.62. The molecule has 0 atom stereocenters. The maximum atomic E-state index is 12.3. The highest BCUT2D eigenvalue weighted by Crippen LogP contribution is 2.36. The van der Waals surface area contributed by atoms with Gasteiger partial charge in [0, 0.05) is 0 Å². The molecular weight excluding hydrogens is 250 g/mol. The molecule has 1 aromatic heterocycles. The third-order valence-corrected chi connectivity index (χ3v) is 3.89. The number of rotatable bonds is 4. The third kappa shape index (κ3) is 2.50. The Morgan fingerprint density at radius 2 is 2.22 bits per heavy atom. The van der Waals surface area contributed by atoms with Gasteiger partial charge in [0.2, 0.25) is 5.91 Å². The van der Waals surface area contributed by atoms with Gasteiger partial charge in [-0.1, -0.05) is 31.5 Å². The molecule has 1 saturated carbocycles. The average molecular weight is 267 g/mol. The van der Waals surface area contributed by atoms with Crippen molar-refractivity contribution < 1.29 is 4.79 Å². The molecular formula is C11H17N5OS. The number of hydrogen-bond donors (Lipinski definition) is 3. The van der Waals surface area contributed by atoms with Crippen molar-refractivity contribution in [3.8, 4) is 0 Å². The lowest BCUT2D eigenvalue weighted by Crippen LogP contribution is -2.49. The molecule has 18 heavy (non-hydrogen) atoms. The zero-order valence-electron chi connectivity index (χ0n) is 10.1. The fourth-order valence-corrected chi connectivity index (χ4v) is 2.69. The first kappa shape index (κ1) is 12.9. The van der Waals surface area contributed by atoms with Crippen molar-refractivity contribution in [3.63, 3.8) is 0 Å². The van der Waals surface area contributed by atoms with Crippen molar-refractivity contribution in [2.45, 2.75) is 38.6 Å². The molecule has 0 bridgehead atoms. The number of thiocarbonyl (C=S) groups is 1. The lowest BCUT2D eigenvalue weighted by Gasteiger charge is -2.34. The van der Waals surface area contributed by atoms with Crippen LogP contribution in [0.4, 0.5) is 0 Å². The van der Waals surface area contributed by atoms with Crippen LogP contribution in [0.5, 0.6) is 0 Å². The first-order valence-corrected chi connectivity index (χ1v) is 6.48. The number of nitrogens with zero attached hydrogens (tertiary/aromatic N) is 2. The number of amides is 1. The summed E-state index contributed by atoms with van der Waals surface area (Å²) in [6.45, 7) is 0.323. The molecule has 0 aromatic carbocycles. The van der Waals surface area contributed by atoms with Gasteiger partial charge < -0.3 is 11.1 Å². The topological polar surface area (TPSA) is 96.7 Å². The van der Waals surface area contributed by atoms with Gasteiger partial charge in [0.25, 0.3) is 0 Å². The Morgan fingerprint density at radius 1 is 1.50 bits per heavy atom. The highest BCUT2D eigenvalue weighted by Gasteiger charge is 2.42. The van der Waals surface area contributed by atoms with Gasteiger partial charge >= 0.3 is 0 Å². The Balaban J connectivity index is 2.02. The van der Waals surface area contributed by atoms with E-state index < -0.39 is 5.41 Å². The van der Waals surface area contributed by atoms with Gasteiger partial charge in [-0.05, 0) is 12.8 Å². The van der Waals surface area contributed by atoms with Crippen LogP contribution in [0.1, 0.15) is 37.9 Å². The summed E-state index contributed by atoms with van der Waals surface area (Å²) in [6.07, 6.45) is 6.01. The summed E-state index contributed by atoms with van der Waals surface area (Å²) in [7, 11) is 0. The molecule has 0 spiro atoms. The molecule has 1 aliphatic rings. The molecule has 2 rings (SSSR count). The van der Waals surface area contributed by atoms with Crippen molar-refractivity contribution in [2.75, 3.05) is 0 Å². The second-order valence-corrected chi connectivity index (χ2v) is 5.06. The van der Waals surface area contributed by atoms with E-state index in [0.717, 1.165) is 32.1 Å². The lowest BCUT2D eigenvalue weighted by atomic mass is 9.73. The van der Waals surface area contributed by atoms with Crippen LogP contribution in [0.25, 0.3) is 0 Å². The predicted octanol–water partition coefficient (Wildman–Crippen LogP) is 0.657. The number of nitrogens with one attached hydrogen (secondary N) is 2. The molecule has 1 amide bonds. The maximum Gasteiger partial charge on any atom is 0.233 e. The summed E-state index contributed by atoms with van der Waals surface area (Å²) in [4.78, 5) is 16.6. The van der Waals surface area contributed by atoms with E-state index in [9.17, 15) is 4.79 Å². The molecule has 98 valence electrons. The van der Waals surface area contributed by atoms with Gasteiger partial charge in [-0.3, -0.25) is 9.89 Å². The number of aromatic amines is 1. The molecule has 0 saturated heterocycles. The Bertz CT molecular complexity index is 425. The summed E-state index contributed by atoms with van der Waals surface area (Å²) in [5.74, 6) is 0.531. The van der Waals surface area contributed by atoms with Crippen LogP contribution in [0.2, 0.25) is 0 Å². The smallest absolute Gasteiger partial charge is 0.233 e. The summed E-state index contributed by atoms with van der Waals surface area (Å²) >= 11 is 5.10. The van der Waals surface area contributed by atoms with Gasteiger partial charge in [0.05, 0.1) is 16.9 Å². The monoisotopic (exact) mass is 267 g/mol. The van der Waals surface area contributed by atoms with Gasteiger partial charge in [0.15, 0.2) is 0 Å². The number of aromatic nitrogens is 3. The molecule has 7 heteroatoms. The summed E-state index contributed by atoms with van der Waals surface area (Å²) in [6, 6.07) is 0. The number of carbonyl (C=O) groups excluding carboxylic acids is 1. The van der Waals surface area contributed by atoms with E-state index in [4.69, 9.17) is 18.0 Å². The fourth-order valence-electron chi connectivity index (χ4n) is 2.39. The molecule has 1 heterocycles. The van der Waals surface area contributed by atoms with Crippen LogP contribution >= 0.6 is 12.2 Å². The Morgan fingerprint density at radius 3 is 2.78 bits per heavy atom. The van der Waals surface area contributed by atoms with Crippen molar-refractivity contribution in [1.82, 2.24) is 20.5 Å². The summed E-state index contributed by atoms with van der Waals surface area (Å²) in [5, 5.41) is 9.26. The molecule has 1 fully saturated rings. The maximum absolute atomic E-state index is 12.3. The van der Waals surface area contributed by atoms with Crippen molar-refractivity contribution in [2.24, 2.45) is 11.1 Å². The molecule has 4 N–H and O–H groups in total. The second kappa shape index (κ2) is 5.43. The Labute approximate surface area is 111 Å². The summed E-state index contributed by atoms with van der Waals surface area (Å²) < 4.78 is 0. The van der Waals surface area contributed by atoms with E-state index in [2.05, 4.69) is 20.5 Å². The third-order valence-electron chi connectivity index (χ3n) is 3.49. The SMILES string of the molecule is NC(=S)C1(C(=O)NCc2ncn[nH]2)CCCCC1. The van der Waals surface area contributed by atoms with Crippen molar-refractivity contribution in [3.05, 3.63) is 12.2 Å². The molecule has 1 aromatic rings. The summed E-state index contributed by atoms with van der Waals surface area (Å²) in [5.41, 5.74) is 5.11. The van der Waals surface area contributed by atoms with Crippen LogP contribution in [0.3, 0.4) is 0 Å². The molecule has 6 nitrogen and oxygen atoms in total. The molecule has 0 aliphatic heterocycles. The van der Waals surface area contributed by atoms with Crippen molar-refractivity contribution >= 4 is 23.1 Å². The van der Waals surface area contributed by atoms with Crippen LogP contribution in [0.15, 0.2) is 6.33 Å². The lowest BCUT2D eigenvalue weighted by molar-refractivity contribution is -0.129. The zero-order chi connectivity index (χ0) is 13.0. The minimum Gasteiger partial charge on any atom is -0.392 e. The van der Waals surface area contributed by atoms with Crippen LogP contribution in [-0.4, -0.2) is 26.1 Å². The Kier molecular flexibility index (Phi) is 3.90. The molecule has 1 aliphatic carbocycles. The van der Waals surface area contributed by atoms with E-state index in [1.807, 2.05) is 0 Å². The standard InChI is InChI=1S/C11H17N5OS/c12-9(18)11(4-2-1-3-5-11)10(17)13-6-8-14-7-15-16-8/h7H,1-6H2,(H2,12,18)(H,13,17)(H,14,15,16). The highest BCUT2D eigenvalue weighted by atomic mass is 32.1. The van der Waals surface area contributed by atoms with E-state index in [0.29, 0.717) is 17.4 Å². The first-order valence-electron chi connectivity index (χ1n) is 6.07. The minimum atomic E-state index is -0.673. The van der Waals surface area contributed by atoms with Gasteiger partial charge in [0.1, 0.15) is 12.2 Å². The average Bonchev–Trinajstić information content (AvgIpc) is 2.89. The largest absolute Gasteiger partial charge is 0.392 e. The number of H-pyrrole nitrogens is 1. The van der Waals surface area contributed by atoms with Crippen LogP contribution < -0.4 is 11.1 Å². The van der Waals surface area contributed by atoms with E-state index in [1.165, 1.54) is 6.33 Å². The van der Waals surface area contributed by atoms with Gasteiger partial charge in [-0.2, -0.15) is 5.10 Å². The van der Waals surface area contributed by atoms with Gasteiger partial charge in [-0.25, -0.2) is 4.98 Å². The molecule has 0 unspecified atom stereocenters. The van der Waals surface area contributed by atoms with E-state index >= 15 is 0 Å². The van der Waals surface area contributed by atoms with E-state index in [1.54, 1.807) is 0 Å². The number of nitrogens with two attached hydrogens (primary N) is 1. The number of hydrogen-bond acceptors (Lipinski definition) is 4. The van der Waals surface area contributed by atoms with Crippen LogP contribution in [0, 0.1) is 5.41 Å². The van der Waals surface area contributed by atoms with Crippen LogP contribution in [-0.2, 0) is 11.3 Å². The number of carbonyl (C=O) groups is 1. The zero-order valence-corrected chi connectivity index (χ0v) is 10.9. The fraction of sp³-hybridized carbons (Fsp3) is 0.636. The van der Waals surface area contributed by atoms with Gasteiger partial charge in [-0.15, -0.1) is 0 Å². The highest BCUT2D eigenvalue weighted by molar-refractivity contribution is 7.80. The quantitative estimate of drug-likeness (QED) is 0.696. The Hall–Kier alpha value is -1.50. The minimum absolute atomic E-state index is 0.0916. The van der Waals surface area contributed by atoms with E-state index in [-0.39, 0.29) is 5.91 Å². The first-order chi connectivity index (χ1) is 8.65.